The summed E-state index contributed by atoms with van der Waals surface area (Å²) in [7, 11) is 22.8. The quantitative estimate of drug-likeness (QED) is 0.0187. The lowest BCUT2D eigenvalue weighted by atomic mass is 10.2. The van der Waals surface area contributed by atoms with Gasteiger partial charge in [-0.2, -0.15) is 19.3 Å². The molecule has 0 atom stereocenters. The SMILES string of the molecule is C=CC(=O)Nc1cc(Nc2nccc(-n3c(=O)n(C)c4ccccc43)n2)ccc1N(C)CCN(C)C.C=CC(=O)Nc1cc(Nc2nccc(-n3ccc4nc(Cl)ccc43)n2)c(OC)cc1N(C)CCN(C)C.C=CC(=O)Nc1cc(Nc2nccc(-n3ccc4nc(F)ccc43)n2)c(OC)cc1N(C)CCN(C)C. The third kappa shape index (κ3) is 19.7. The summed E-state index contributed by atoms with van der Waals surface area (Å²) < 4.78 is 31.7. The molecule has 3 amide bonds. The van der Waals surface area contributed by atoms with Crippen LogP contribution in [0.15, 0.2) is 195 Å². The minimum atomic E-state index is -0.544. The number of halogens is 2. The normalized spacial score (nSPS) is 11.0. The summed E-state index contributed by atoms with van der Waals surface area (Å²) in [5.74, 6) is 2.28. The number of aryl methyl sites for hydroxylation is 1. The molecule has 0 fully saturated rings. The Kier molecular flexibility index (Phi) is 26.3. The summed E-state index contributed by atoms with van der Waals surface area (Å²) in [4.78, 5) is 97.0. The Balaban J connectivity index is 0.000000176. The highest BCUT2D eigenvalue weighted by atomic mass is 35.5. The summed E-state index contributed by atoms with van der Waals surface area (Å²) in [6, 6.07) is 35.9. The maximum absolute atomic E-state index is 13.5. The van der Waals surface area contributed by atoms with Gasteiger partial charge in [0.15, 0.2) is 0 Å². The molecule has 0 saturated carbocycles. The molecule has 32 heteroatoms. The number of anilines is 12. The van der Waals surface area contributed by atoms with Crippen LogP contribution in [-0.2, 0) is 21.4 Å². The molecular weight excluding hydrogens is 1420 g/mol. The van der Waals surface area contributed by atoms with Gasteiger partial charge in [0, 0.05) is 122 Å². The van der Waals surface area contributed by atoms with E-state index in [-0.39, 0.29) is 23.4 Å². The van der Waals surface area contributed by atoms with E-state index in [0.29, 0.717) is 97.1 Å². The topological polar surface area (TPSA) is 301 Å². The van der Waals surface area contributed by atoms with Gasteiger partial charge in [-0.1, -0.05) is 43.5 Å². The van der Waals surface area contributed by atoms with Crippen LogP contribution in [0.3, 0.4) is 0 Å². The molecule has 8 aromatic heterocycles. The molecule has 30 nitrogen and oxygen atoms in total. The number of fused-ring (bicyclic) bond motifs is 3. The molecule has 8 heterocycles. The number of carbonyl (C=O) groups is 3. The van der Waals surface area contributed by atoms with E-state index in [9.17, 15) is 23.6 Å². The molecule has 12 aromatic rings. The number of hydrogen-bond acceptors (Lipinski definition) is 23. The number of amides is 3. The highest BCUT2D eigenvalue weighted by Gasteiger charge is 2.22. The van der Waals surface area contributed by atoms with Crippen molar-refractivity contribution in [1.82, 2.24) is 72.8 Å². The van der Waals surface area contributed by atoms with Crippen molar-refractivity contribution in [3.8, 4) is 29.0 Å². The molecule has 0 saturated heterocycles. The number of aromatic nitrogens is 12. The van der Waals surface area contributed by atoms with Crippen LogP contribution in [0.25, 0.3) is 50.6 Å². The molecule has 0 radical (unpaired) electrons. The third-order valence-electron chi connectivity index (χ3n) is 17.2. The monoisotopic (exact) mass is 1510 g/mol. The van der Waals surface area contributed by atoms with E-state index in [2.05, 4.69) is 116 Å². The van der Waals surface area contributed by atoms with Crippen LogP contribution in [0.4, 0.5) is 73.4 Å². The number of methoxy groups -OCH3 is 2. The number of benzene rings is 4. The van der Waals surface area contributed by atoms with Crippen molar-refractivity contribution < 1.29 is 28.2 Å². The lowest BCUT2D eigenvalue weighted by Crippen LogP contribution is -2.29. The van der Waals surface area contributed by atoms with Gasteiger partial charge in [-0.05, 0) is 152 Å². The number of ether oxygens (including phenoxy) is 2. The molecule has 4 aromatic carbocycles. The van der Waals surface area contributed by atoms with E-state index in [4.69, 9.17) is 21.1 Å². The number of pyridine rings is 2. The van der Waals surface area contributed by atoms with Crippen LogP contribution >= 0.6 is 11.6 Å². The summed E-state index contributed by atoms with van der Waals surface area (Å²) >= 11 is 6.03. The van der Waals surface area contributed by atoms with Gasteiger partial charge in [-0.15, -0.1) is 0 Å². The second-order valence-corrected chi connectivity index (χ2v) is 26.2. The molecular formula is C78H88ClFN24O6. The number of para-hydroxylation sites is 2. The lowest BCUT2D eigenvalue weighted by Gasteiger charge is -2.26. The number of nitrogens with one attached hydrogen (secondary N) is 6. The van der Waals surface area contributed by atoms with E-state index in [0.717, 1.165) is 78.4 Å². The van der Waals surface area contributed by atoms with Crippen LogP contribution in [0.5, 0.6) is 11.5 Å². The fraction of sp³-hybridized carbons (Fsp3) is 0.231. The first-order valence-electron chi connectivity index (χ1n) is 34.6. The van der Waals surface area contributed by atoms with Gasteiger partial charge in [0.05, 0.1) is 92.8 Å². The molecule has 0 aliphatic heterocycles. The molecule has 110 heavy (non-hydrogen) atoms. The largest absolute Gasteiger partial charge is 0.494 e. The Morgan fingerprint density at radius 2 is 0.900 bits per heavy atom. The molecule has 0 aliphatic carbocycles. The molecule has 570 valence electrons. The van der Waals surface area contributed by atoms with Crippen LogP contribution in [0.1, 0.15) is 0 Å². The smallest absolute Gasteiger partial charge is 0.334 e. The van der Waals surface area contributed by atoms with Crippen molar-refractivity contribution in [3.63, 3.8) is 0 Å². The standard InChI is InChI=1S/C26H29ClN8O2.C26H29FN8O2.C26H30N8O2/c2*1-6-25(36)30-18-15-19(22(37-5)16-21(18)34(4)14-13-33(2)3)31-26-28-11-9-24(32-26)35-12-10-17-20(35)7-8-23(27)29-17;1-6-24(35)29-19-17-18(11-12-20(19)32(4)16-15-31(2)3)28-25-27-14-13-23(30-25)34-22-10-8-7-9-21(22)33(5)26(34)36/h2*6-12,15-16H,1,13-14H2,2-5H3,(H,30,36)(H,28,31,32);6-14,17H,1,15-16H2,2-5H3,(H,29,35)(H,27,28,30). The average molecular weight is 1510 g/mol. The number of imidazole rings is 1. The van der Waals surface area contributed by atoms with Gasteiger partial charge in [0.1, 0.15) is 34.1 Å². The van der Waals surface area contributed by atoms with Crippen molar-refractivity contribution in [2.75, 3.05) is 164 Å². The number of carbonyl (C=O) groups excluding carboxylic acids is 3. The number of nitrogens with zero attached hydrogens (tertiary/aromatic N) is 18. The second-order valence-electron chi connectivity index (χ2n) is 25.8. The first-order chi connectivity index (χ1) is 52.8. The molecule has 6 N–H and O–H groups in total. The van der Waals surface area contributed by atoms with Crippen LogP contribution < -0.4 is 61.8 Å². The van der Waals surface area contributed by atoms with Gasteiger partial charge in [0.25, 0.3) is 0 Å². The predicted molar refractivity (Wildman–Crippen MR) is 437 cm³/mol. The first kappa shape index (κ1) is 79.5. The number of hydrogen-bond donors (Lipinski definition) is 6. The number of rotatable bonds is 29. The maximum Gasteiger partial charge on any atom is 0.334 e. The van der Waals surface area contributed by atoms with Crippen LogP contribution in [-0.4, -0.2) is 207 Å². The average Bonchev–Trinajstić information content (AvgIpc) is 1.54. The van der Waals surface area contributed by atoms with Gasteiger partial charge < -0.3 is 70.8 Å². The Morgan fingerprint density at radius 3 is 1.37 bits per heavy atom. The summed E-state index contributed by atoms with van der Waals surface area (Å²) in [5.41, 5.74) is 10.3. The molecule has 0 spiro atoms. The van der Waals surface area contributed by atoms with Crippen molar-refractivity contribution in [1.29, 1.82) is 0 Å². The van der Waals surface area contributed by atoms with Crippen molar-refractivity contribution in [2.24, 2.45) is 7.05 Å². The van der Waals surface area contributed by atoms with Gasteiger partial charge in [-0.3, -0.25) is 28.1 Å². The van der Waals surface area contributed by atoms with Gasteiger partial charge in [-0.25, -0.2) is 34.3 Å². The van der Waals surface area contributed by atoms with E-state index in [1.807, 2.05) is 146 Å². The Morgan fingerprint density at radius 1 is 0.473 bits per heavy atom. The van der Waals surface area contributed by atoms with Crippen LogP contribution in [0, 0.1) is 5.95 Å². The number of likely N-dealkylation sites (N-methyl/N-ethyl adjacent to an activating group) is 6. The third-order valence-corrected chi connectivity index (χ3v) is 17.4. The molecule has 0 unspecified atom stereocenters. The lowest BCUT2D eigenvalue weighted by molar-refractivity contribution is -0.112. The predicted octanol–water partition coefficient (Wildman–Crippen LogP) is 11.2. The zero-order valence-corrected chi connectivity index (χ0v) is 64.0. The Hall–Kier alpha value is -13.1. The molecule has 12 rings (SSSR count). The second kappa shape index (κ2) is 36.5. The summed E-state index contributed by atoms with van der Waals surface area (Å²) in [5, 5.41) is 18.7. The Labute approximate surface area is 640 Å². The Bertz CT molecular complexity index is 5170. The van der Waals surface area contributed by atoms with Crippen molar-refractivity contribution >= 4 is 131 Å². The van der Waals surface area contributed by atoms with Gasteiger partial charge >= 0.3 is 5.69 Å². The van der Waals surface area contributed by atoms with E-state index in [1.54, 1.807) is 108 Å². The zero-order chi connectivity index (χ0) is 78.9. The minimum absolute atomic E-state index is 0.194. The fourth-order valence-corrected chi connectivity index (χ4v) is 11.6. The first-order valence-corrected chi connectivity index (χ1v) is 34.9. The van der Waals surface area contributed by atoms with Crippen molar-refractivity contribution in [3.05, 3.63) is 212 Å². The highest BCUT2D eigenvalue weighted by molar-refractivity contribution is 6.29. The molecule has 0 bridgehead atoms. The van der Waals surface area contributed by atoms with Crippen molar-refractivity contribution in [2.45, 2.75) is 0 Å². The highest BCUT2D eigenvalue weighted by Crippen LogP contribution is 2.40. The minimum Gasteiger partial charge on any atom is -0.494 e. The molecule has 0 aliphatic rings. The van der Waals surface area contributed by atoms with Gasteiger partial charge in [0.2, 0.25) is 41.5 Å². The fourth-order valence-electron chi connectivity index (χ4n) is 11.4. The zero-order valence-electron chi connectivity index (χ0n) is 63.3. The van der Waals surface area contributed by atoms with E-state index in [1.165, 1.54) is 24.3 Å². The van der Waals surface area contributed by atoms with Crippen LogP contribution in [0.2, 0.25) is 5.15 Å². The summed E-state index contributed by atoms with van der Waals surface area (Å²) in [6.45, 7) is 15.5. The summed E-state index contributed by atoms with van der Waals surface area (Å²) in [6.07, 6.45) is 12.2. The van der Waals surface area contributed by atoms with E-state index < -0.39 is 5.95 Å². The maximum atomic E-state index is 13.5. The van der Waals surface area contributed by atoms with E-state index >= 15 is 0 Å².